The maximum atomic E-state index is 11.1. The fraction of sp³-hybridized carbons (Fsp3) is 0.773. The number of nitrogens with zero attached hydrogens (tertiary/aromatic N) is 1. The van der Waals surface area contributed by atoms with E-state index in [2.05, 4.69) is 36.2 Å². The summed E-state index contributed by atoms with van der Waals surface area (Å²) in [6, 6.07) is 0. The lowest BCUT2D eigenvalue weighted by Crippen LogP contribution is -2.56. The van der Waals surface area contributed by atoms with Crippen LogP contribution in [0.5, 0.6) is 0 Å². The lowest BCUT2D eigenvalue weighted by atomic mass is 9.44. The maximum Gasteiger partial charge on any atom is 0.130 e. The Kier molecular flexibility index (Phi) is 3.13. The molecule has 4 aliphatic rings. The number of rotatable bonds is 0. The Labute approximate surface area is 151 Å². The molecule has 7 atom stereocenters. The number of aromatic amines is 1. The summed E-state index contributed by atoms with van der Waals surface area (Å²) in [4.78, 5) is 0. The van der Waals surface area contributed by atoms with E-state index in [0.717, 1.165) is 37.0 Å². The Morgan fingerprint density at radius 1 is 1.20 bits per heavy atom. The predicted octanol–water partition coefficient (Wildman–Crippen LogP) is 3.73. The van der Waals surface area contributed by atoms with E-state index in [1.807, 2.05) is 0 Å². The summed E-state index contributed by atoms with van der Waals surface area (Å²) in [5, 5.41) is 18.6. The summed E-state index contributed by atoms with van der Waals surface area (Å²) < 4.78 is 0. The summed E-state index contributed by atoms with van der Waals surface area (Å²) >= 11 is 0. The quantitative estimate of drug-likeness (QED) is 0.708. The lowest BCUT2D eigenvalue weighted by molar-refractivity contribution is -0.127. The van der Waals surface area contributed by atoms with Crippen molar-refractivity contribution in [3.05, 3.63) is 17.5 Å². The highest BCUT2D eigenvalue weighted by molar-refractivity contribution is 5.27. The molecule has 0 spiro atoms. The number of aliphatic hydroxyl groups is 1. The van der Waals surface area contributed by atoms with Gasteiger partial charge in [-0.3, -0.25) is 5.10 Å². The van der Waals surface area contributed by atoms with Crippen molar-refractivity contribution in [2.75, 3.05) is 0 Å². The molecule has 1 aromatic rings. The zero-order valence-corrected chi connectivity index (χ0v) is 15.5. The van der Waals surface area contributed by atoms with Gasteiger partial charge >= 0.3 is 0 Å². The van der Waals surface area contributed by atoms with Crippen molar-refractivity contribution in [2.24, 2.45) is 34.5 Å². The Balaban J connectivity index is 1.50. The van der Waals surface area contributed by atoms with Crippen LogP contribution >= 0.6 is 0 Å². The molecule has 3 unspecified atom stereocenters. The summed E-state index contributed by atoms with van der Waals surface area (Å²) in [5.74, 6) is 5.67. The minimum absolute atomic E-state index is 0.0818. The summed E-state index contributed by atoms with van der Waals surface area (Å²) in [7, 11) is 0. The topological polar surface area (TPSA) is 48.9 Å². The molecule has 4 aliphatic carbocycles. The van der Waals surface area contributed by atoms with Crippen molar-refractivity contribution in [3.8, 4) is 12.3 Å². The summed E-state index contributed by atoms with van der Waals surface area (Å²) in [6.07, 6.45) is 17.0. The van der Waals surface area contributed by atoms with Crippen molar-refractivity contribution in [1.82, 2.24) is 10.2 Å². The van der Waals surface area contributed by atoms with Crippen LogP contribution in [0.2, 0.25) is 0 Å². The molecule has 3 nitrogen and oxygen atoms in total. The molecule has 25 heavy (non-hydrogen) atoms. The van der Waals surface area contributed by atoms with Crippen LogP contribution in [-0.2, 0) is 12.8 Å². The number of hydrogen-bond donors (Lipinski definition) is 2. The van der Waals surface area contributed by atoms with E-state index in [1.165, 1.54) is 43.4 Å². The summed E-state index contributed by atoms with van der Waals surface area (Å²) in [6.45, 7) is 4.83. The van der Waals surface area contributed by atoms with E-state index in [-0.39, 0.29) is 5.41 Å². The smallest absolute Gasteiger partial charge is 0.130 e. The van der Waals surface area contributed by atoms with E-state index in [9.17, 15) is 5.11 Å². The van der Waals surface area contributed by atoms with Gasteiger partial charge in [0, 0.05) is 11.1 Å². The standard InChI is InChI=1S/C22H30N2O/c1-4-22(25)10-8-18-16-6-5-15-11-19-14(13-23-24-19)12-20(15,2)17(16)7-9-21(18,22)3/h1,13,15-18,25H,5-12H2,2-3H3,(H,23,24)/t15-,16?,17?,18?,20-,21-,22-/m0/s1. The number of fused-ring (bicyclic) bond motifs is 6. The first kappa shape index (κ1) is 15.9. The third kappa shape index (κ3) is 1.85. The second kappa shape index (κ2) is 4.92. The summed E-state index contributed by atoms with van der Waals surface area (Å²) in [5.41, 5.74) is 2.24. The Bertz CT molecular complexity index is 747. The van der Waals surface area contributed by atoms with Gasteiger partial charge in [0.25, 0.3) is 0 Å². The number of aromatic nitrogens is 2. The monoisotopic (exact) mass is 338 g/mol. The molecule has 0 bridgehead atoms. The second-order valence-electron chi connectivity index (χ2n) is 9.91. The lowest BCUT2D eigenvalue weighted by Gasteiger charge is -2.60. The molecule has 5 rings (SSSR count). The molecule has 3 saturated carbocycles. The van der Waals surface area contributed by atoms with E-state index in [1.54, 1.807) is 0 Å². The normalized spacial score (nSPS) is 51.0. The van der Waals surface area contributed by atoms with Crippen LogP contribution in [-0.4, -0.2) is 20.9 Å². The third-order valence-corrected chi connectivity index (χ3v) is 9.28. The second-order valence-corrected chi connectivity index (χ2v) is 9.91. The predicted molar refractivity (Wildman–Crippen MR) is 97.7 cm³/mol. The molecule has 0 aliphatic heterocycles. The van der Waals surface area contributed by atoms with Gasteiger partial charge in [-0.1, -0.05) is 19.8 Å². The average Bonchev–Trinajstić information content (AvgIpc) is 3.14. The molecule has 134 valence electrons. The van der Waals surface area contributed by atoms with Gasteiger partial charge in [0.05, 0.1) is 6.20 Å². The highest BCUT2D eigenvalue weighted by Crippen LogP contribution is 2.67. The van der Waals surface area contributed by atoms with Crippen LogP contribution in [0.4, 0.5) is 0 Å². The Morgan fingerprint density at radius 2 is 2.00 bits per heavy atom. The molecule has 0 aromatic carbocycles. The number of terminal acetylenes is 1. The Hall–Kier alpha value is -1.27. The van der Waals surface area contributed by atoms with Crippen molar-refractivity contribution >= 4 is 0 Å². The van der Waals surface area contributed by atoms with Gasteiger partial charge in [0.1, 0.15) is 5.60 Å². The van der Waals surface area contributed by atoms with Crippen molar-refractivity contribution in [3.63, 3.8) is 0 Å². The highest BCUT2D eigenvalue weighted by Gasteiger charge is 2.64. The highest BCUT2D eigenvalue weighted by atomic mass is 16.3. The molecule has 1 heterocycles. The minimum atomic E-state index is -0.884. The maximum absolute atomic E-state index is 11.1. The number of H-pyrrole nitrogens is 1. The zero-order valence-electron chi connectivity index (χ0n) is 15.5. The third-order valence-electron chi connectivity index (χ3n) is 9.28. The largest absolute Gasteiger partial charge is 0.377 e. The fourth-order valence-corrected chi connectivity index (χ4v) is 7.72. The SMILES string of the molecule is C#C[C@]1(O)CCC2C3CC[C@H]4Cc5[nH]ncc5C[C@]4(C)C3CC[C@@]21C. The molecular weight excluding hydrogens is 308 g/mol. The average molecular weight is 338 g/mol. The van der Waals surface area contributed by atoms with Crippen molar-refractivity contribution in [2.45, 2.75) is 70.8 Å². The first-order chi connectivity index (χ1) is 11.9. The van der Waals surface area contributed by atoms with E-state index >= 15 is 0 Å². The van der Waals surface area contributed by atoms with Crippen molar-refractivity contribution < 1.29 is 5.11 Å². The van der Waals surface area contributed by atoms with Gasteiger partial charge in [-0.2, -0.15) is 5.10 Å². The van der Waals surface area contributed by atoms with Crippen LogP contribution in [0, 0.1) is 46.8 Å². The molecule has 0 saturated heterocycles. The van der Waals surface area contributed by atoms with Gasteiger partial charge in [-0.05, 0) is 86.0 Å². The number of hydrogen-bond acceptors (Lipinski definition) is 2. The van der Waals surface area contributed by atoms with Gasteiger partial charge in [-0.15, -0.1) is 6.42 Å². The van der Waals surface area contributed by atoms with Gasteiger partial charge in [-0.25, -0.2) is 0 Å². The van der Waals surface area contributed by atoms with Gasteiger partial charge < -0.3 is 5.11 Å². The van der Waals surface area contributed by atoms with Gasteiger partial charge in [0.2, 0.25) is 0 Å². The van der Waals surface area contributed by atoms with Crippen molar-refractivity contribution in [1.29, 1.82) is 0 Å². The van der Waals surface area contributed by atoms with Crippen LogP contribution in [0.25, 0.3) is 0 Å². The van der Waals surface area contributed by atoms with Gasteiger partial charge in [0.15, 0.2) is 0 Å². The molecule has 3 fully saturated rings. The van der Waals surface area contributed by atoms with Crippen LogP contribution in [0.3, 0.4) is 0 Å². The molecular formula is C22H30N2O. The van der Waals surface area contributed by atoms with Crippen LogP contribution in [0.1, 0.15) is 63.6 Å². The zero-order chi connectivity index (χ0) is 17.4. The molecule has 3 heteroatoms. The van der Waals surface area contributed by atoms with Crippen LogP contribution < -0.4 is 0 Å². The van der Waals surface area contributed by atoms with Crippen LogP contribution in [0.15, 0.2) is 6.20 Å². The van der Waals surface area contributed by atoms with E-state index in [4.69, 9.17) is 6.42 Å². The first-order valence-corrected chi connectivity index (χ1v) is 10.1. The first-order valence-electron chi connectivity index (χ1n) is 10.1. The Morgan fingerprint density at radius 3 is 2.80 bits per heavy atom. The van der Waals surface area contributed by atoms with E-state index < -0.39 is 5.60 Å². The van der Waals surface area contributed by atoms with E-state index in [0.29, 0.717) is 11.3 Å². The molecule has 2 N–H and O–H groups in total. The molecule has 1 aromatic heterocycles. The number of nitrogens with one attached hydrogen (secondary N) is 1. The molecule has 0 amide bonds. The fourth-order valence-electron chi connectivity index (χ4n) is 7.72. The minimum Gasteiger partial charge on any atom is -0.377 e. The molecule has 0 radical (unpaired) electrons.